The predicted molar refractivity (Wildman–Crippen MR) is 68.1 cm³/mol. The number of nitrogens with two attached hydrogens (primary N) is 1. The highest BCUT2D eigenvalue weighted by molar-refractivity contribution is 5.95. The van der Waals surface area contributed by atoms with Crippen molar-refractivity contribution in [2.24, 2.45) is 5.73 Å². The second kappa shape index (κ2) is 7.04. The fourth-order valence-corrected chi connectivity index (χ4v) is 1.50. The largest absolute Gasteiger partial charge is 0.378 e. The minimum absolute atomic E-state index is 0.0532. The van der Waals surface area contributed by atoms with Crippen LogP contribution in [0.5, 0.6) is 0 Å². The molecule has 0 fully saturated rings. The summed E-state index contributed by atoms with van der Waals surface area (Å²) in [7, 11) is 0. The summed E-state index contributed by atoms with van der Waals surface area (Å²) >= 11 is 0. The van der Waals surface area contributed by atoms with Gasteiger partial charge in [0.15, 0.2) is 0 Å². The third-order valence-electron chi connectivity index (χ3n) is 2.43. The molecule has 0 aliphatic heterocycles. The van der Waals surface area contributed by atoms with E-state index in [-0.39, 0.29) is 5.91 Å². The van der Waals surface area contributed by atoms with E-state index in [1.54, 1.807) is 0 Å². The van der Waals surface area contributed by atoms with Gasteiger partial charge in [-0.3, -0.25) is 4.79 Å². The Labute approximate surface area is 102 Å². The van der Waals surface area contributed by atoms with Crippen LogP contribution in [0, 0.1) is 13.8 Å². The Kier molecular flexibility index (Phi) is 5.66. The van der Waals surface area contributed by atoms with Crippen molar-refractivity contribution in [3.63, 3.8) is 0 Å². The highest BCUT2D eigenvalue weighted by Crippen LogP contribution is 2.10. The Hall–Kier alpha value is -1.39. The van der Waals surface area contributed by atoms with Crippen molar-refractivity contribution >= 4 is 5.91 Å². The molecular formula is C13H20N2O2. The maximum Gasteiger partial charge on any atom is 0.251 e. The van der Waals surface area contributed by atoms with Crippen LogP contribution in [0.1, 0.15) is 21.5 Å². The maximum atomic E-state index is 11.9. The summed E-state index contributed by atoms with van der Waals surface area (Å²) in [5, 5.41) is 2.82. The van der Waals surface area contributed by atoms with Crippen molar-refractivity contribution in [2.75, 3.05) is 26.3 Å². The monoisotopic (exact) mass is 236 g/mol. The topological polar surface area (TPSA) is 64.3 Å². The normalized spacial score (nSPS) is 10.3. The Bertz CT molecular complexity index is 378. The summed E-state index contributed by atoms with van der Waals surface area (Å²) in [6.07, 6.45) is 0. The number of aryl methyl sites for hydroxylation is 2. The summed E-state index contributed by atoms with van der Waals surface area (Å²) in [5.41, 5.74) is 8.08. The van der Waals surface area contributed by atoms with Crippen molar-refractivity contribution in [2.45, 2.75) is 13.8 Å². The summed E-state index contributed by atoms with van der Waals surface area (Å²) in [6.45, 7) is 5.93. The van der Waals surface area contributed by atoms with Crippen LogP contribution in [0.4, 0.5) is 0 Å². The molecule has 17 heavy (non-hydrogen) atoms. The predicted octanol–water partition coefficient (Wildman–Crippen LogP) is 1.01. The second-order valence-electron chi connectivity index (χ2n) is 3.98. The zero-order valence-corrected chi connectivity index (χ0v) is 10.5. The molecule has 0 unspecified atom stereocenters. The molecule has 0 bridgehead atoms. The average Bonchev–Trinajstić information content (AvgIpc) is 2.32. The Morgan fingerprint density at radius 1 is 1.35 bits per heavy atom. The van der Waals surface area contributed by atoms with Crippen molar-refractivity contribution in [3.05, 3.63) is 34.9 Å². The minimum Gasteiger partial charge on any atom is -0.378 e. The van der Waals surface area contributed by atoms with Gasteiger partial charge in [-0.1, -0.05) is 17.7 Å². The zero-order chi connectivity index (χ0) is 12.7. The van der Waals surface area contributed by atoms with Crippen LogP contribution in [0.2, 0.25) is 0 Å². The third kappa shape index (κ3) is 4.54. The first-order chi connectivity index (χ1) is 8.15. The van der Waals surface area contributed by atoms with Crippen LogP contribution in [0.25, 0.3) is 0 Å². The summed E-state index contributed by atoms with van der Waals surface area (Å²) in [4.78, 5) is 11.9. The van der Waals surface area contributed by atoms with Crippen LogP contribution in [-0.4, -0.2) is 32.2 Å². The molecule has 1 rings (SSSR count). The zero-order valence-electron chi connectivity index (χ0n) is 10.5. The Balaban J connectivity index is 2.44. The summed E-state index contributed by atoms with van der Waals surface area (Å²) < 4.78 is 5.18. The molecule has 1 aromatic carbocycles. The highest BCUT2D eigenvalue weighted by Gasteiger charge is 2.07. The van der Waals surface area contributed by atoms with Gasteiger partial charge in [-0.15, -0.1) is 0 Å². The van der Waals surface area contributed by atoms with Gasteiger partial charge in [0.05, 0.1) is 13.2 Å². The van der Waals surface area contributed by atoms with Crippen LogP contribution in [-0.2, 0) is 4.74 Å². The van der Waals surface area contributed by atoms with Gasteiger partial charge in [0.1, 0.15) is 0 Å². The van der Waals surface area contributed by atoms with Gasteiger partial charge in [0.25, 0.3) is 5.91 Å². The maximum absolute atomic E-state index is 11.9. The van der Waals surface area contributed by atoms with Gasteiger partial charge in [0, 0.05) is 18.7 Å². The SMILES string of the molecule is Cc1ccc(C)c(C(=O)NCCOCCN)c1. The molecule has 4 nitrogen and oxygen atoms in total. The molecule has 0 saturated heterocycles. The first kappa shape index (κ1) is 13.7. The van der Waals surface area contributed by atoms with Crippen LogP contribution < -0.4 is 11.1 Å². The molecule has 3 N–H and O–H groups in total. The Morgan fingerprint density at radius 3 is 2.82 bits per heavy atom. The number of nitrogens with one attached hydrogen (secondary N) is 1. The van der Waals surface area contributed by atoms with Crippen molar-refractivity contribution in [1.82, 2.24) is 5.32 Å². The number of carbonyl (C=O) groups is 1. The number of ether oxygens (including phenoxy) is 1. The number of benzene rings is 1. The lowest BCUT2D eigenvalue weighted by molar-refractivity contribution is 0.0919. The molecule has 0 aliphatic carbocycles. The molecule has 0 heterocycles. The Morgan fingerprint density at radius 2 is 2.12 bits per heavy atom. The van der Waals surface area contributed by atoms with Gasteiger partial charge in [-0.2, -0.15) is 0 Å². The van der Waals surface area contributed by atoms with Crippen molar-refractivity contribution in [1.29, 1.82) is 0 Å². The molecule has 1 amide bonds. The van der Waals surface area contributed by atoms with Crippen LogP contribution >= 0.6 is 0 Å². The average molecular weight is 236 g/mol. The lowest BCUT2D eigenvalue weighted by Gasteiger charge is -2.08. The lowest BCUT2D eigenvalue weighted by Crippen LogP contribution is -2.28. The van der Waals surface area contributed by atoms with E-state index < -0.39 is 0 Å². The minimum atomic E-state index is -0.0532. The van der Waals surface area contributed by atoms with E-state index in [1.807, 2.05) is 32.0 Å². The quantitative estimate of drug-likeness (QED) is 0.724. The van der Waals surface area contributed by atoms with Crippen molar-refractivity contribution < 1.29 is 9.53 Å². The molecule has 0 aromatic heterocycles. The number of amides is 1. The number of hydrogen-bond acceptors (Lipinski definition) is 3. The van der Waals surface area contributed by atoms with E-state index in [0.29, 0.717) is 26.3 Å². The van der Waals surface area contributed by atoms with Gasteiger partial charge in [0.2, 0.25) is 0 Å². The number of carbonyl (C=O) groups excluding carboxylic acids is 1. The molecule has 4 heteroatoms. The smallest absolute Gasteiger partial charge is 0.251 e. The molecular weight excluding hydrogens is 216 g/mol. The number of rotatable bonds is 6. The van der Waals surface area contributed by atoms with Crippen molar-refractivity contribution in [3.8, 4) is 0 Å². The van der Waals surface area contributed by atoms with E-state index >= 15 is 0 Å². The fraction of sp³-hybridized carbons (Fsp3) is 0.462. The van der Waals surface area contributed by atoms with E-state index in [0.717, 1.165) is 16.7 Å². The van der Waals surface area contributed by atoms with Gasteiger partial charge >= 0.3 is 0 Å². The molecule has 0 spiro atoms. The van der Waals surface area contributed by atoms with Crippen LogP contribution in [0.15, 0.2) is 18.2 Å². The molecule has 0 aliphatic rings. The summed E-state index contributed by atoms with van der Waals surface area (Å²) in [5.74, 6) is -0.0532. The van der Waals surface area contributed by atoms with E-state index in [1.165, 1.54) is 0 Å². The van der Waals surface area contributed by atoms with E-state index in [4.69, 9.17) is 10.5 Å². The first-order valence-corrected chi connectivity index (χ1v) is 5.78. The van der Waals surface area contributed by atoms with Crippen LogP contribution in [0.3, 0.4) is 0 Å². The molecule has 0 atom stereocenters. The highest BCUT2D eigenvalue weighted by atomic mass is 16.5. The molecule has 1 aromatic rings. The van der Waals surface area contributed by atoms with E-state index in [2.05, 4.69) is 5.32 Å². The lowest BCUT2D eigenvalue weighted by atomic mass is 10.1. The standard InChI is InChI=1S/C13H20N2O2/c1-10-3-4-11(2)12(9-10)13(16)15-6-8-17-7-5-14/h3-4,9H,5-8,14H2,1-2H3,(H,15,16). The van der Waals surface area contributed by atoms with E-state index in [9.17, 15) is 4.79 Å². The fourth-order valence-electron chi connectivity index (χ4n) is 1.50. The molecule has 0 saturated carbocycles. The second-order valence-corrected chi connectivity index (χ2v) is 3.98. The third-order valence-corrected chi connectivity index (χ3v) is 2.43. The van der Waals surface area contributed by atoms with Gasteiger partial charge in [-0.25, -0.2) is 0 Å². The first-order valence-electron chi connectivity index (χ1n) is 5.78. The number of hydrogen-bond donors (Lipinski definition) is 2. The van der Waals surface area contributed by atoms with Gasteiger partial charge in [-0.05, 0) is 25.5 Å². The van der Waals surface area contributed by atoms with Gasteiger partial charge < -0.3 is 15.8 Å². The molecule has 94 valence electrons. The molecule has 0 radical (unpaired) electrons. The summed E-state index contributed by atoms with van der Waals surface area (Å²) in [6, 6.07) is 5.84.